The van der Waals surface area contributed by atoms with Crippen LogP contribution in [0.3, 0.4) is 0 Å². The first-order valence-corrected chi connectivity index (χ1v) is 5.20. The lowest BCUT2D eigenvalue weighted by atomic mass is 10.0. The van der Waals surface area contributed by atoms with Gasteiger partial charge in [0.05, 0.1) is 6.10 Å². The van der Waals surface area contributed by atoms with E-state index in [2.05, 4.69) is 19.1 Å². The van der Waals surface area contributed by atoms with Crippen molar-refractivity contribution < 1.29 is 5.11 Å². The van der Waals surface area contributed by atoms with E-state index in [0.29, 0.717) is 5.92 Å². The molecule has 1 unspecified atom stereocenters. The predicted molar refractivity (Wildman–Crippen MR) is 58.6 cm³/mol. The van der Waals surface area contributed by atoms with Crippen LogP contribution in [0.25, 0.3) is 0 Å². The minimum atomic E-state index is -0.160. The molecule has 0 aromatic rings. The Balaban J connectivity index is 0.000000671. The van der Waals surface area contributed by atoms with Crippen LogP contribution < -0.4 is 0 Å². The summed E-state index contributed by atoms with van der Waals surface area (Å²) < 4.78 is 0. The summed E-state index contributed by atoms with van der Waals surface area (Å²) in [5, 5.41) is 9.52. The fraction of sp³-hybridized carbons (Fsp3) is 0.667. The third-order valence-corrected chi connectivity index (χ3v) is 2.53. The van der Waals surface area contributed by atoms with Crippen LogP contribution in [0, 0.1) is 5.92 Å². The second kappa shape index (κ2) is 5.98. The molecular weight excluding hydrogens is 160 g/mol. The SMILES string of the molecule is C/C=C1/C[C@@H](O)C(C)/C1=C/C.CC. The summed E-state index contributed by atoms with van der Waals surface area (Å²) in [7, 11) is 0. The van der Waals surface area contributed by atoms with Gasteiger partial charge in [-0.3, -0.25) is 0 Å². The second-order valence-electron chi connectivity index (χ2n) is 3.12. The van der Waals surface area contributed by atoms with E-state index in [1.165, 1.54) is 11.1 Å². The van der Waals surface area contributed by atoms with E-state index in [-0.39, 0.29) is 6.10 Å². The van der Waals surface area contributed by atoms with Gasteiger partial charge in [-0.15, -0.1) is 0 Å². The summed E-state index contributed by atoms with van der Waals surface area (Å²) in [6, 6.07) is 0. The van der Waals surface area contributed by atoms with Gasteiger partial charge in [0.2, 0.25) is 0 Å². The molecule has 0 aromatic carbocycles. The van der Waals surface area contributed by atoms with Crippen molar-refractivity contribution >= 4 is 0 Å². The number of aliphatic hydroxyl groups is 1. The standard InChI is InChI=1S/C10H16O.C2H6/c1-4-8-6-10(11)7(3)9(8)5-2;1-2/h4-5,7,10-11H,6H2,1-3H3;1-2H3/b8-4-,9-5-;/t7?,10-;/m1./s1. The maximum Gasteiger partial charge on any atom is 0.0646 e. The zero-order valence-electron chi connectivity index (χ0n) is 9.46. The van der Waals surface area contributed by atoms with Crippen molar-refractivity contribution in [3.05, 3.63) is 23.3 Å². The van der Waals surface area contributed by atoms with E-state index in [0.717, 1.165) is 6.42 Å². The molecule has 0 saturated heterocycles. The van der Waals surface area contributed by atoms with Crippen molar-refractivity contribution in [3.8, 4) is 0 Å². The van der Waals surface area contributed by atoms with Gasteiger partial charge in [0.1, 0.15) is 0 Å². The zero-order valence-corrected chi connectivity index (χ0v) is 9.46. The molecule has 1 aliphatic carbocycles. The Kier molecular flexibility index (Phi) is 5.72. The highest BCUT2D eigenvalue weighted by molar-refractivity contribution is 5.38. The Labute approximate surface area is 82.2 Å². The third kappa shape index (κ3) is 2.70. The highest BCUT2D eigenvalue weighted by atomic mass is 16.3. The quantitative estimate of drug-likeness (QED) is 0.609. The molecule has 76 valence electrons. The molecule has 0 aromatic heterocycles. The molecule has 0 bridgehead atoms. The summed E-state index contributed by atoms with van der Waals surface area (Å²) >= 11 is 0. The summed E-state index contributed by atoms with van der Waals surface area (Å²) in [6.07, 6.45) is 4.88. The van der Waals surface area contributed by atoms with Crippen molar-refractivity contribution in [1.82, 2.24) is 0 Å². The van der Waals surface area contributed by atoms with Crippen molar-refractivity contribution in [2.24, 2.45) is 5.92 Å². The maximum atomic E-state index is 9.52. The lowest BCUT2D eigenvalue weighted by molar-refractivity contribution is 0.152. The summed E-state index contributed by atoms with van der Waals surface area (Å²) in [4.78, 5) is 0. The van der Waals surface area contributed by atoms with E-state index < -0.39 is 0 Å². The monoisotopic (exact) mass is 182 g/mol. The van der Waals surface area contributed by atoms with E-state index in [9.17, 15) is 5.11 Å². The molecule has 0 aliphatic heterocycles. The smallest absolute Gasteiger partial charge is 0.0646 e. The first kappa shape index (κ1) is 12.4. The molecule has 2 atom stereocenters. The minimum absolute atomic E-state index is 0.160. The number of allylic oxidation sites excluding steroid dienone is 2. The molecular formula is C12H22O. The van der Waals surface area contributed by atoms with Gasteiger partial charge in [0, 0.05) is 5.92 Å². The van der Waals surface area contributed by atoms with Crippen LogP contribution in [0.2, 0.25) is 0 Å². The first-order chi connectivity index (χ1) is 6.20. The van der Waals surface area contributed by atoms with Crippen LogP contribution in [-0.4, -0.2) is 11.2 Å². The number of hydrogen-bond donors (Lipinski definition) is 1. The average molecular weight is 182 g/mol. The first-order valence-electron chi connectivity index (χ1n) is 5.20. The lowest BCUT2D eigenvalue weighted by Crippen LogP contribution is -2.09. The molecule has 1 fully saturated rings. The van der Waals surface area contributed by atoms with Crippen molar-refractivity contribution in [1.29, 1.82) is 0 Å². The van der Waals surface area contributed by atoms with E-state index >= 15 is 0 Å². The molecule has 1 saturated carbocycles. The molecule has 13 heavy (non-hydrogen) atoms. The maximum absolute atomic E-state index is 9.52. The largest absolute Gasteiger partial charge is 0.392 e. The molecule has 1 heteroatoms. The molecule has 1 nitrogen and oxygen atoms in total. The lowest BCUT2D eigenvalue weighted by Gasteiger charge is -2.07. The van der Waals surface area contributed by atoms with Crippen LogP contribution in [0.1, 0.15) is 41.0 Å². The molecule has 0 heterocycles. The van der Waals surface area contributed by atoms with Gasteiger partial charge in [-0.1, -0.05) is 32.9 Å². The molecule has 0 amide bonds. The van der Waals surface area contributed by atoms with Crippen molar-refractivity contribution in [2.75, 3.05) is 0 Å². The Morgan fingerprint density at radius 3 is 2.08 bits per heavy atom. The summed E-state index contributed by atoms with van der Waals surface area (Å²) in [5.41, 5.74) is 2.63. The van der Waals surface area contributed by atoms with Crippen molar-refractivity contribution in [2.45, 2.75) is 47.1 Å². The predicted octanol–water partition coefficient (Wildman–Crippen LogP) is 3.31. The van der Waals surface area contributed by atoms with Gasteiger partial charge in [-0.05, 0) is 31.4 Å². The van der Waals surface area contributed by atoms with Gasteiger partial charge in [0.25, 0.3) is 0 Å². The average Bonchev–Trinajstić information content (AvgIpc) is 2.46. The van der Waals surface area contributed by atoms with Gasteiger partial charge < -0.3 is 5.11 Å². The van der Waals surface area contributed by atoms with E-state index in [1.54, 1.807) is 0 Å². The van der Waals surface area contributed by atoms with Gasteiger partial charge in [0.15, 0.2) is 0 Å². The normalized spacial score (nSPS) is 33.4. The van der Waals surface area contributed by atoms with E-state index in [4.69, 9.17) is 0 Å². The number of hydrogen-bond acceptors (Lipinski definition) is 1. The Hall–Kier alpha value is -0.560. The molecule has 0 spiro atoms. The summed E-state index contributed by atoms with van der Waals surface area (Å²) in [6.45, 7) is 10.1. The van der Waals surface area contributed by atoms with Crippen LogP contribution in [0.15, 0.2) is 23.3 Å². The fourth-order valence-corrected chi connectivity index (χ4v) is 1.75. The molecule has 0 radical (unpaired) electrons. The fourth-order valence-electron chi connectivity index (χ4n) is 1.75. The number of aliphatic hydroxyl groups excluding tert-OH is 1. The third-order valence-electron chi connectivity index (χ3n) is 2.53. The Morgan fingerprint density at radius 2 is 1.77 bits per heavy atom. The van der Waals surface area contributed by atoms with Gasteiger partial charge >= 0.3 is 0 Å². The van der Waals surface area contributed by atoms with Crippen molar-refractivity contribution in [3.63, 3.8) is 0 Å². The highest BCUT2D eigenvalue weighted by Crippen LogP contribution is 2.35. The molecule has 1 N–H and O–H groups in total. The number of rotatable bonds is 0. The molecule has 1 aliphatic rings. The van der Waals surface area contributed by atoms with Crippen LogP contribution >= 0.6 is 0 Å². The van der Waals surface area contributed by atoms with Crippen LogP contribution in [-0.2, 0) is 0 Å². The Morgan fingerprint density at radius 1 is 1.23 bits per heavy atom. The summed E-state index contributed by atoms with van der Waals surface area (Å²) in [5.74, 6) is 0.325. The van der Waals surface area contributed by atoms with Crippen LogP contribution in [0.4, 0.5) is 0 Å². The topological polar surface area (TPSA) is 20.2 Å². The van der Waals surface area contributed by atoms with E-state index in [1.807, 2.05) is 27.7 Å². The second-order valence-corrected chi connectivity index (χ2v) is 3.12. The van der Waals surface area contributed by atoms with Gasteiger partial charge in [-0.25, -0.2) is 0 Å². The zero-order chi connectivity index (χ0) is 10.4. The highest BCUT2D eigenvalue weighted by Gasteiger charge is 2.28. The van der Waals surface area contributed by atoms with Crippen LogP contribution in [0.5, 0.6) is 0 Å². The molecule has 1 rings (SSSR count). The Bertz CT molecular complexity index is 201. The van der Waals surface area contributed by atoms with Gasteiger partial charge in [-0.2, -0.15) is 0 Å². The minimum Gasteiger partial charge on any atom is -0.392 e.